The van der Waals surface area contributed by atoms with E-state index in [0.717, 1.165) is 49.0 Å². The summed E-state index contributed by atoms with van der Waals surface area (Å²) in [5.74, 6) is 0.216. The van der Waals surface area contributed by atoms with Gasteiger partial charge in [-0.05, 0) is 56.1 Å². The van der Waals surface area contributed by atoms with Gasteiger partial charge in [0.1, 0.15) is 11.3 Å². The van der Waals surface area contributed by atoms with Crippen molar-refractivity contribution in [1.29, 1.82) is 0 Å². The maximum absolute atomic E-state index is 11.0. The van der Waals surface area contributed by atoms with E-state index >= 15 is 0 Å². The Morgan fingerprint density at radius 2 is 2.17 bits per heavy atom. The maximum Gasteiger partial charge on any atom is 0.306 e. The van der Waals surface area contributed by atoms with Gasteiger partial charge in [-0.1, -0.05) is 0 Å². The van der Waals surface area contributed by atoms with Gasteiger partial charge >= 0.3 is 5.97 Å². The van der Waals surface area contributed by atoms with Crippen molar-refractivity contribution in [3.8, 4) is 0 Å². The van der Waals surface area contributed by atoms with E-state index in [1.54, 1.807) is 6.20 Å². The Labute approximate surface area is 135 Å². The second kappa shape index (κ2) is 5.64. The van der Waals surface area contributed by atoms with Crippen molar-refractivity contribution in [1.82, 2.24) is 10.3 Å². The van der Waals surface area contributed by atoms with Crippen LogP contribution in [0.3, 0.4) is 0 Å². The average Bonchev–Trinajstić information content (AvgIpc) is 2.94. The molecule has 0 amide bonds. The number of aromatic nitrogens is 1. The first-order chi connectivity index (χ1) is 11.1. The van der Waals surface area contributed by atoms with Crippen LogP contribution in [0, 0.1) is 11.3 Å². The van der Waals surface area contributed by atoms with Crippen molar-refractivity contribution in [2.24, 2.45) is 11.3 Å². The fourth-order valence-corrected chi connectivity index (χ4v) is 4.29. The topological polar surface area (TPSA) is 75.4 Å². The molecule has 0 atom stereocenters. The SMILES string of the molecule is O=C(O)C1CCC2(CC1)CC(NCc1cc3cnccc3o1)C2. The van der Waals surface area contributed by atoms with Gasteiger partial charge in [-0.2, -0.15) is 0 Å². The van der Waals surface area contributed by atoms with Crippen LogP contribution in [0.5, 0.6) is 0 Å². The highest BCUT2D eigenvalue weighted by Gasteiger charge is 2.46. The van der Waals surface area contributed by atoms with Gasteiger partial charge in [0.05, 0.1) is 12.5 Å². The molecule has 0 aliphatic heterocycles. The quantitative estimate of drug-likeness (QED) is 0.905. The zero-order valence-electron chi connectivity index (χ0n) is 13.1. The normalized spacial score (nSPS) is 30.4. The standard InChI is InChI=1S/C18H22N2O3/c21-17(22)12-1-4-18(5-2-12)8-14(9-18)20-11-15-7-13-10-19-6-3-16(13)23-15/h3,6-7,10,12,14,20H,1-2,4-5,8-9,11H2,(H,21,22). The minimum absolute atomic E-state index is 0.114. The molecule has 4 rings (SSSR count). The van der Waals surface area contributed by atoms with Gasteiger partial charge in [-0.3, -0.25) is 9.78 Å². The van der Waals surface area contributed by atoms with Crippen molar-refractivity contribution < 1.29 is 14.3 Å². The lowest BCUT2D eigenvalue weighted by atomic mass is 9.57. The molecule has 0 bridgehead atoms. The number of carboxylic acid groups (broad SMARTS) is 1. The van der Waals surface area contributed by atoms with Crippen LogP contribution in [0.25, 0.3) is 11.0 Å². The predicted octanol–water partition coefficient (Wildman–Crippen LogP) is 3.34. The third kappa shape index (κ3) is 2.85. The van der Waals surface area contributed by atoms with Crippen LogP contribution >= 0.6 is 0 Å². The Kier molecular flexibility index (Phi) is 3.60. The molecule has 2 aliphatic carbocycles. The van der Waals surface area contributed by atoms with Gasteiger partial charge in [0.2, 0.25) is 0 Å². The summed E-state index contributed by atoms with van der Waals surface area (Å²) in [4.78, 5) is 15.1. The Morgan fingerprint density at radius 1 is 1.39 bits per heavy atom. The van der Waals surface area contributed by atoms with E-state index < -0.39 is 5.97 Å². The Morgan fingerprint density at radius 3 is 2.87 bits per heavy atom. The first kappa shape index (κ1) is 14.7. The molecule has 2 fully saturated rings. The third-order valence-corrected chi connectivity index (χ3v) is 5.69. The Balaban J connectivity index is 1.27. The monoisotopic (exact) mass is 314 g/mol. The van der Waals surface area contributed by atoms with Crippen LogP contribution in [0.2, 0.25) is 0 Å². The molecule has 23 heavy (non-hydrogen) atoms. The van der Waals surface area contributed by atoms with E-state index in [0.29, 0.717) is 11.5 Å². The smallest absolute Gasteiger partial charge is 0.306 e. The number of hydrogen-bond acceptors (Lipinski definition) is 4. The van der Waals surface area contributed by atoms with E-state index in [4.69, 9.17) is 9.52 Å². The molecule has 122 valence electrons. The van der Waals surface area contributed by atoms with E-state index in [9.17, 15) is 4.79 Å². The van der Waals surface area contributed by atoms with E-state index in [1.807, 2.05) is 18.3 Å². The fraction of sp³-hybridized carbons (Fsp3) is 0.556. The average molecular weight is 314 g/mol. The van der Waals surface area contributed by atoms with E-state index in [-0.39, 0.29) is 5.92 Å². The molecular weight excluding hydrogens is 292 g/mol. The predicted molar refractivity (Wildman–Crippen MR) is 85.9 cm³/mol. The van der Waals surface area contributed by atoms with Crippen LogP contribution in [0.15, 0.2) is 28.9 Å². The first-order valence-electron chi connectivity index (χ1n) is 8.42. The zero-order chi connectivity index (χ0) is 15.9. The minimum Gasteiger partial charge on any atom is -0.481 e. The molecule has 1 spiro atoms. The van der Waals surface area contributed by atoms with Gasteiger partial charge in [0.15, 0.2) is 0 Å². The van der Waals surface area contributed by atoms with Crippen LogP contribution in [0.1, 0.15) is 44.3 Å². The van der Waals surface area contributed by atoms with Gasteiger partial charge in [-0.15, -0.1) is 0 Å². The number of pyridine rings is 1. The van der Waals surface area contributed by atoms with Crippen LogP contribution in [0.4, 0.5) is 0 Å². The third-order valence-electron chi connectivity index (χ3n) is 5.69. The number of carboxylic acids is 1. The molecule has 0 saturated heterocycles. The molecule has 0 unspecified atom stereocenters. The summed E-state index contributed by atoms with van der Waals surface area (Å²) in [6, 6.07) is 4.46. The maximum atomic E-state index is 11.0. The van der Waals surface area contributed by atoms with Crippen molar-refractivity contribution in [3.05, 3.63) is 30.3 Å². The Bertz CT molecular complexity index is 675. The number of rotatable bonds is 4. The zero-order valence-corrected chi connectivity index (χ0v) is 13.1. The largest absolute Gasteiger partial charge is 0.481 e. The van der Waals surface area contributed by atoms with E-state index in [1.165, 1.54) is 12.8 Å². The lowest BCUT2D eigenvalue weighted by Crippen LogP contribution is -2.50. The summed E-state index contributed by atoms with van der Waals surface area (Å²) in [7, 11) is 0. The summed E-state index contributed by atoms with van der Waals surface area (Å²) in [6.07, 6.45) is 9.73. The highest BCUT2D eigenvalue weighted by Crippen LogP contribution is 2.52. The molecular formula is C18H22N2O3. The molecule has 2 N–H and O–H groups in total. The lowest BCUT2D eigenvalue weighted by Gasteiger charge is -2.51. The molecule has 0 aromatic carbocycles. The number of carbonyl (C=O) groups is 1. The number of fused-ring (bicyclic) bond motifs is 1. The summed E-state index contributed by atoms with van der Waals surface area (Å²) >= 11 is 0. The number of nitrogens with zero attached hydrogens (tertiary/aromatic N) is 1. The number of aliphatic carboxylic acids is 1. The molecule has 2 aromatic rings. The Hall–Kier alpha value is -1.88. The lowest BCUT2D eigenvalue weighted by molar-refractivity contribution is -0.144. The summed E-state index contributed by atoms with van der Waals surface area (Å²) in [5, 5.41) is 13.7. The minimum atomic E-state index is -0.617. The van der Waals surface area contributed by atoms with Gasteiger partial charge in [0, 0.05) is 23.8 Å². The molecule has 2 aromatic heterocycles. The van der Waals surface area contributed by atoms with Crippen LogP contribution in [-0.2, 0) is 11.3 Å². The van der Waals surface area contributed by atoms with Gasteiger partial charge in [0.25, 0.3) is 0 Å². The molecule has 2 saturated carbocycles. The molecule has 5 nitrogen and oxygen atoms in total. The number of nitrogens with one attached hydrogen (secondary N) is 1. The highest BCUT2D eigenvalue weighted by atomic mass is 16.4. The van der Waals surface area contributed by atoms with Crippen molar-refractivity contribution in [2.45, 2.75) is 51.1 Å². The molecule has 2 aliphatic rings. The van der Waals surface area contributed by atoms with Crippen molar-refractivity contribution in [2.75, 3.05) is 0 Å². The summed E-state index contributed by atoms with van der Waals surface area (Å²) in [6.45, 7) is 0.743. The summed E-state index contributed by atoms with van der Waals surface area (Å²) in [5.41, 5.74) is 1.29. The van der Waals surface area contributed by atoms with Crippen molar-refractivity contribution in [3.63, 3.8) is 0 Å². The second-order valence-electron chi connectivity index (χ2n) is 7.22. The number of furan rings is 1. The van der Waals surface area contributed by atoms with Gasteiger partial charge in [-0.25, -0.2) is 0 Å². The number of hydrogen-bond donors (Lipinski definition) is 2. The van der Waals surface area contributed by atoms with Crippen LogP contribution in [-0.4, -0.2) is 22.1 Å². The highest BCUT2D eigenvalue weighted by molar-refractivity contribution is 5.76. The second-order valence-corrected chi connectivity index (χ2v) is 7.22. The van der Waals surface area contributed by atoms with Crippen molar-refractivity contribution >= 4 is 16.9 Å². The van der Waals surface area contributed by atoms with Crippen LogP contribution < -0.4 is 5.32 Å². The molecule has 2 heterocycles. The fourth-order valence-electron chi connectivity index (χ4n) is 4.29. The molecule has 5 heteroatoms. The summed E-state index contributed by atoms with van der Waals surface area (Å²) < 4.78 is 5.80. The molecule has 0 radical (unpaired) electrons. The first-order valence-corrected chi connectivity index (χ1v) is 8.42. The van der Waals surface area contributed by atoms with E-state index in [2.05, 4.69) is 10.3 Å². The van der Waals surface area contributed by atoms with Gasteiger partial charge < -0.3 is 14.8 Å².